The summed E-state index contributed by atoms with van der Waals surface area (Å²) in [6.45, 7) is 0. The molecule has 0 aromatic heterocycles. The van der Waals surface area contributed by atoms with Crippen LogP contribution in [0, 0.1) is 0 Å². The number of allylic oxidation sites excluding steroid dienone is 4. The van der Waals surface area contributed by atoms with Gasteiger partial charge in [0, 0.05) is 11.8 Å². The van der Waals surface area contributed by atoms with Gasteiger partial charge in [0.1, 0.15) is 0 Å². The molecule has 2 aliphatic rings. The van der Waals surface area contributed by atoms with Crippen LogP contribution in [0.25, 0.3) is 21.9 Å². The Morgan fingerprint density at radius 3 is 2.19 bits per heavy atom. The molecule has 32 heavy (non-hydrogen) atoms. The number of hydrogen-bond donors (Lipinski definition) is 0. The summed E-state index contributed by atoms with van der Waals surface area (Å²) in [5.41, 5.74) is 8.66. The van der Waals surface area contributed by atoms with Gasteiger partial charge in [-0.3, -0.25) is 0 Å². The normalized spacial score (nSPS) is 16.1. The molecule has 0 bridgehead atoms. The summed E-state index contributed by atoms with van der Waals surface area (Å²) in [5, 5.41) is 2.72. The molecule has 0 saturated heterocycles. The third kappa shape index (κ3) is 3.96. The van der Waals surface area contributed by atoms with Crippen molar-refractivity contribution in [3.05, 3.63) is 131 Å². The van der Waals surface area contributed by atoms with Crippen LogP contribution in [-0.2, 0) is 26.2 Å². The molecule has 0 aliphatic heterocycles. The molecule has 0 nitrogen and oxygen atoms in total. The van der Waals surface area contributed by atoms with Crippen molar-refractivity contribution in [1.29, 1.82) is 0 Å². The van der Waals surface area contributed by atoms with Gasteiger partial charge >= 0.3 is 26.2 Å². The van der Waals surface area contributed by atoms with Crippen LogP contribution in [0.5, 0.6) is 0 Å². The fourth-order valence-corrected chi connectivity index (χ4v) is 5.36. The zero-order chi connectivity index (χ0) is 19.2. The Bertz CT molecular complexity index is 1290. The van der Waals surface area contributed by atoms with E-state index in [0.29, 0.717) is 11.8 Å². The molecule has 0 N–H and O–H groups in total. The van der Waals surface area contributed by atoms with Crippen molar-refractivity contribution in [3.8, 4) is 11.1 Å². The molecule has 4 aromatic rings. The van der Waals surface area contributed by atoms with Crippen molar-refractivity contribution in [1.82, 2.24) is 0 Å². The quantitative estimate of drug-likeness (QED) is 0.377. The van der Waals surface area contributed by atoms with Crippen molar-refractivity contribution < 1.29 is 51.0 Å². The second kappa shape index (κ2) is 10.3. The summed E-state index contributed by atoms with van der Waals surface area (Å²) in [4.78, 5) is 0. The zero-order valence-electron chi connectivity index (χ0n) is 17.5. The first-order valence-corrected chi connectivity index (χ1v) is 10.4. The van der Waals surface area contributed by atoms with Gasteiger partial charge in [-0.15, -0.1) is 0 Å². The van der Waals surface area contributed by atoms with Gasteiger partial charge in [0.05, 0.1) is 0 Å². The topological polar surface area (TPSA) is 0 Å². The van der Waals surface area contributed by atoms with E-state index in [4.69, 9.17) is 0 Å². The van der Waals surface area contributed by atoms with Gasteiger partial charge < -0.3 is 24.8 Å². The first-order valence-electron chi connectivity index (χ1n) is 10.4. The Morgan fingerprint density at radius 2 is 1.41 bits per heavy atom. The minimum Gasteiger partial charge on any atom is -1.00 e. The first-order chi connectivity index (χ1) is 14.4. The molecule has 2 unspecified atom stereocenters. The summed E-state index contributed by atoms with van der Waals surface area (Å²) in [5.74, 6) is 0.681. The van der Waals surface area contributed by atoms with E-state index in [1.54, 1.807) is 0 Å². The largest absolute Gasteiger partial charge is 2.00 e. The SMILES string of the molecule is C1=CCC(C(c2ccccc2)C2c3ccccc3-c3ccc4ccccc4c32)=C1.[Cl-].[Cl-].[Zr+2]. The molecule has 0 radical (unpaired) electrons. The molecule has 4 aromatic carbocycles. The maximum absolute atomic E-state index is 2.34. The van der Waals surface area contributed by atoms with Crippen molar-refractivity contribution in [3.63, 3.8) is 0 Å². The minimum atomic E-state index is 0. The molecule has 0 saturated carbocycles. The molecule has 2 aliphatic carbocycles. The first kappa shape index (κ1) is 24.7. The molecule has 0 fully saturated rings. The molecular weight excluding hydrogens is 510 g/mol. The molecule has 2 atom stereocenters. The molecule has 0 heterocycles. The second-order valence-electron chi connectivity index (χ2n) is 8.08. The van der Waals surface area contributed by atoms with Crippen molar-refractivity contribution >= 4 is 10.8 Å². The Morgan fingerprint density at radius 1 is 0.688 bits per heavy atom. The van der Waals surface area contributed by atoms with Crippen LogP contribution in [-0.4, -0.2) is 0 Å². The molecule has 0 amide bonds. The van der Waals surface area contributed by atoms with Crippen LogP contribution in [0.2, 0.25) is 0 Å². The van der Waals surface area contributed by atoms with E-state index in [1.165, 1.54) is 44.2 Å². The smallest absolute Gasteiger partial charge is 1.00 e. The molecule has 156 valence electrons. The van der Waals surface area contributed by atoms with Gasteiger partial charge in [-0.25, -0.2) is 0 Å². The summed E-state index contributed by atoms with van der Waals surface area (Å²) < 4.78 is 0. The predicted molar refractivity (Wildman–Crippen MR) is 122 cm³/mol. The van der Waals surface area contributed by atoms with Gasteiger partial charge in [0.15, 0.2) is 0 Å². The van der Waals surface area contributed by atoms with Crippen molar-refractivity contribution in [2.45, 2.75) is 18.3 Å². The van der Waals surface area contributed by atoms with Crippen molar-refractivity contribution in [2.75, 3.05) is 0 Å². The second-order valence-corrected chi connectivity index (χ2v) is 8.08. The number of benzene rings is 4. The summed E-state index contributed by atoms with van der Waals surface area (Å²) in [6.07, 6.45) is 7.88. The van der Waals surface area contributed by atoms with Crippen LogP contribution in [0.15, 0.2) is 115 Å². The minimum absolute atomic E-state index is 0. The standard InChI is InChI=1S/C29H22.2ClH.Zr/c1-2-11-21(12-3-1)27(22-13-4-5-14-22)29-25-17-9-8-16-24(25)26-19-18-20-10-6-7-15-23(20)28(26)29;;;/h1-13,15-19,27,29H,14H2;2*1H;/q;;;+2/p-2. The van der Waals surface area contributed by atoms with Gasteiger partial charge in [0.25, 0.3) is 0 Å². The van der Waals surface area contributed by atoms with Crippen LogP contribution in [0.3, 0.4) is 0 Å². The van der Waals surface area contributed by atoms with E-state index < -0.39 is 0 Å². The van der Waals surface area contributed by atoms with Crippen LogP contribution >= 0.6 is 0 Å². The zero-order valence-corrected chi connectivity index (χ0v) is 21.5. The van der Waals surface area contributed by atoms with E-state index in [1.807, 2.05) is 0 Å². The number of halogens is 2. The third-order valence-electron chi connectivity index (χ3n) is 6.56. The van der Waals surface area contributed by atoms with Gasteiger partial charge in [-0.2, -0.15) is 0 Å². The van der Waals surface area contributed by atoms with E-state index in [2.05, 4.69) is 109 Å². The fourth-order valence-electron chi connectivity index (χ4n) is 5.36. The van der Waals surface area contributed by atoms with E-state index >= 15 is 0 Å². The Labute approximate surface area is 221 Å². The maximum atomic E-state index is 2.34. The molecule has 6 rings (SSSR count). The van der Waals surface area contributed by atoms with Crippen LogP contribution < -0.4 is 24.8 Å². The predicted octanol–water partition coefficient (Wildman–Crippen LogP) is 1.63. The molecular formula is C29H22Cl2Zr. The Balaban J connectivity index is 0.000000963. The molecule has 3 heteroatoms. The number of hydrogen-bond acceptors (Lipinski definition) is 0. The molecule has 0 spiro atoms. The Kier molecular flexibility index (Phi) is 7.99. The van der Waals surface area contributed by atoms with E-state index in [9.17, 15) is 0 Å². The average molecular weight is 533 g/mol. The maximum Gasteiger partial charge on any atom is 2.00 e. The fraction of sp³-hybridized carbons (Fsp3) is 0.103. The summed E-state index contributed by atoms with van der Waals surface area (Å²) in [6, 6.07) is 33.6. The third-order valence-corrected chi connectivity index (χ3v) is 6.56. The van der Waals surface area contributed by atoms with Crippen LogP contribution in [0.4, 0.5) is 0 Å². The monoisotopic (exact) mass is 530 g/mol. The average Bonchev–Trinajstić information content (AvgIpc) is 3.42. The van der Waals surface area contributed by atoms with Gasteiger partial charge in [-0.05, 0) is 45.0 Å². The van der Waals surface area contributed by atoms with E-state index in [-0.39, 0.29) is 51.0 Å². The van der Waals surface area contributed by atoms with E-state index in [0.717, 1.165) is 6.42 Å². The summed E-state index contributed by atoms with van der Waals surface area (Å²) >= 11 is 0. The van der Waals surface area contributed by atoms with Gasteiger partial charge in [0.2, 0.25) is 0 Å². The summed E-state index contributed by atoms with van der Waals surface area (Å²) in [7, 11) is 0. The Hall–Kier alpha value is -1.92. The van der Waals surface area contributed by atoms with Crippen molar-refractivity contribution in [2.24, 2.45) is 0 Å². The number of rotatable bonds is 3. The van der Waals surface area contributed by atoms with Gasteiger partial charge in [-0.1, -0.05) is 115 Å². The number of fused-ring (bicyclic) bond motifs is 5. The van der Waals surface area contributed by atoms with Crippen LogP contribution in [0.1, 0.15) is 34.9 Å².